The molecule has 1 aliphatic heterocycles. The van der Waals surface area contributed by atoms with Crippen molar-refractivity contribution in [1.29, 1.82) is 0 Å². The van der Waals surface area contributed by atoms with E-state index >= 15 is 0 Å². The monoisotopic (exact) mass is 543 g/mol. The molecule has 7 nitrogen and oxygen atoms in total. The van der Waals surface area contributed by atoms with Crippen molar-refractivity contribution in [2.45, 2.75) is 6.04 Å². The normalized spacial score (nSPS) is 15.6. The average molecular weight is 544 g/mol. The number of furan rings is 1. The summed E-state index contributed by atoms with van der Waals surface area (Å²) in [6.07, 6.45) is 1.55. The van der Waals surface area contributed by atoms with E-state index in [1.54, 1.807) is 42.7 Å². The van der Waals surface area contributed by atoms with Gasteiger partial charge in [0.15, 0.2) is 5.76 Å². The number of piperazine rings is 1. The van der Waals surface area contributed by atoms with Crippen LogP contribution >= 0.6 is 34.5 Å². The predicted molar refractivity (Wildman–Crippen MR) is 139 cm³/mol. The molecule has 3 aromatic heterocycles. The van der Waals surface area contributed by atoms with Crippen LogP contribution in [0.2, 0.25) is 10.0 Å². The van der Waals surface area contributed by atoms with Crippen LogP contribution in [0.3, 0.4) is 0 Å². The molecule has 0 bridgehead atoms. The Kier molecular flexibility index (Phi) is 6.08. The molecule has 1 atom stereocenters. The van der Waals surface area contributed by atoms with Crippen LogP contribution in [0.15, 0.2) is 65.3 Å². The molecule has 0 amide bonds. The SMILES string of the molecule is Oc1c([C@@H](c2ccc(Cl)cc2Cl)N2CCN(c3ccccc3F)CC2)sc2nc(-c3ccco3)nn12. The van der Waals surface area contributed by atoms with Gasteiger partial charge in [0.2, 0.25) is 16.7 Å². The van der Waals surface area contributed by atoms with Gasteiger partial charge in [-0.1, -0.05) is 52.7 Å². The minimum Gasteiger partial charge on any atom is -0.492 e. The molecule has 1 fully saturated rings. The molecule has 1 aliphatic rings. The van der Waals surface area contributed by atoms with Crippen molar-refractivity contribution >= 4 is 45.2 Å². The van der Waals surface area contributed by atoms with Gasteiger partial charge in [-0.15, -0.1) is 5.10 Å². The fourth-order valence-corrected chi connectivity index (χ4v) is 6.21. The Labute approximate surface area is 219 Å². The summed E-state index contributed by atoms with van der Waals surface area (Å²) in [5.74, 6) is 0.674. The van der Waals surface area contributed by atoms with Gasteiger partial charge in [-0.3, -0.25) is 4.90 Å². The Morgan fingerprint density at radius 2 is 1.83 bits per heavy atom. The Bertz CT molecular complexity index is 1530. The maximum Gasteiger partial charge on any atom is 0.230 e. The summed E-state index contributed by atoms with van der Waals surface area (Å²) in [7, 11) is 0. The van der Waals surface area contributed by atoms with Crippen LogP contribution in [0, 0.1) is 5.82 Å². The number of nitrogens with zero attached hydrogens (tertiary/aromatic N) is 5. The minimum absolute atomic E-state index is 0.00661. The third-order valence-corrected chi connectivity index (χ3v) is 7.95. The lowest BCUT2D eigenvalue weighted by atomic mass is 10.0. The van der Waals surface area contributed by atoms with Crippen molar-refractivity contribution < 1.29 is 13.9 Å². The van der Waals surface area contributed by atoms with Crippen LogP contribution in [0.4, 0.5) is 10.1 Å². The number of halogens is 3. The van der Waals surface area contributed by atoms with Crippen LogP contribution in [-0.4, -0.2) is 50.8 Å². The van der Waals surface area contributed by atoms with Crippen molar-refractivity contribution in [2.24, 2.45) is 0 Å². The van der Waals surface area contributed by atoms with Crippen molar-refractivity contribution in [3.8, 4) is 17.5 Å². The predicted octanol–water partition coefficient (Wildman–Crippen LogP) is 6.11. The summed E-state index contributed by atoms with van der Waals surface area (Å²) in [4.78, 5) is 10.0. The molecule has 6 rings (SSSR count). The van der Waals surface area contributed by atoms with Gasteiger partial charge < -0.3 is 14.4 Å². The highest BCUT2D eigenvalue weighted by Crippen LogP contribution is 2.43. The van der Waals surface area contributed by atoms with Crippen LogP contribution in [0.25, 0.3) is 16.5 Å². The van der Waals surface area contributed by atoms with Gasteiger partial charge in [-0.05, 0) is 42.0 Å². The Hall–Kier alpha value is -3.11. The van der Waals surface area contributed by atoms with Gasteiger partial charge in [0, 0.05) is 36.2 Å². The topological polar surface area (TPSA) is 70.0 Å². The Morgan fingerprint density at radius 3 is 2.53 bits per heavy atom. The third-order valence-electron chi connectivity index (χ3n) is 6.32. The molecule has 11 heteroatoms. The van der Waals surface area contributed by atoms with Gasteiger partial charge in [-0.2, -0.15) is 9.50 Å². The lowest BCUT2D eigenvalue weighted by Gasteiger charge is -2.40. The summed E-state index contributed by atoms with van der Waals surface area (Å²) in [6, 6.07) is 15.3. The number of thiazole rings is 1. The number of anilines is 1. The number of aromatic nitrogens is 3. The van der Waals surface area contributed by atoms with E-state index in [-0.39, 0.29) is 17.7 Å². The van der Waals surface area contributed by atoms with Gasteiger partial charge in [-0.25, -0.2) is 4.39 Å². The van der Waals surface area contributed by atoms with Gasteiger partial charge in [0.05, 0.1) is 22.9 Å². The number of aromatic hydroxyl groups is 1. The van der Waals surface area contributed by atoms with Gasteiger partial charge >= 0.3 is 0 Å². The Balaban J connectivity index is 1.37. The molecule has 0 saturated carbocycles. The standard InChI is InChI=1S/C25H20Cl2FN5O2S/c26-15-7-8-16(17(27)14-15)21(32-11-9-31(10-12-32)19-5-2-1-4-18(19)28)22-24(34)33-25(36-22)29-23(30-33)20-6-3-13-35-20/h1-8,13-14,21,34H,9-12H2/t21-/m1/s1. The van der Waals surface area contributed by atoms with Crippen LogP contribution in [0.5, 0.6) is 5.88 Å². The van der Waals surface area contributed by atoms with E-state index in [4.69, 9.17) is 27.6 Å². The largest absolute Gasteiger partial charge is 0.492 e. The molecule has 0 unspecified atom stereocenters. The van der Waals surface area contributed by atoms with Crippen molar-refractivity contribution in [2.75, 3.05) is 31.1 Å². The van der Waals surface area contributed by atoms with E-state index in [2.05, 4.69) is 15.0 Å². The summed E-state index contributed by atoms with van der Waals surface area (Å²) in [5.41, 5.74) is 1.40. The zero-order valence-corrected chi connectivity index (χ0v) is 21.1. The maximum atomic E-state index is 14.4. The Morgan fingerprint density at radius 1 is 1.03 bits per heavy atom. The number of fused-ring (bicyclic) bond motifs is 1. The zero-order chi connectivity index (χ0) is 24.8. The third kappa shape index (κ3) is 4.12. The van der Waals surface area contributed by atoms with Crippen molar-refractivity contribution in [3.63, 3.8) is 0 Å². The highest BCUT2D eigenvalue weighted by molar-refractivity contribution is 7.17. The molecule has 1 N–H and O–H groups in total. The van der Waals surface area contributed by atoms with E-state index in [1.807, 2.05) is 17.0 Å². The van der Waals surface area contributed by atoms with Crippen molar-refractivity contribution in [1.82, 2.24) is 19.5 Å². The molecular weight excluding hydrogens is 524 g/mol. The number of rotatable bonds is 5. The number of hydrogen-bond acceptors (Lipinski definition) is 7. The highest BCUT2D eigenvalue weighted by atomic mass is 35.5. The maximum absolute atomic E-state index is 14.4. The molecule has 1 saturated heterocycles. The molecule has 0 radical (unpaired) electrons. The second-order valence-corrected chi connectivity index (χ2v) is 10.3. The molecule has 0 aliphatic carbocycles. The van der Waals surface area contributed by atoms with Gasteiger partial charge in [0.1, 0.15) is 5.82 Å². The summed E-state index contributed by atoms with van der Waals surface area (Å²) < 4.78 is 21.2. The molecule has 5 aromatic rings. The number of benzene rings is 2. The quantitative estimate of drug-likeness (QED) is 0.288. The van der Waals surface area contributed by atoms with Crippen molar-refractivity contribution in [3.05, 3.63) is 87.2 Å². The van der Waals surface area contributed by atoms with E-state index in [1.165, 1.54) is 21.9 Å². The second kappa shape index (κ2) is 9.40. The number of para-hydroxylation sites is 1. The molecule has 0 spiro atoms. The first-order chi connectivity index (χ1) is 17.5. The fraction of sp³-hybridized carbons (Fsp3) is 0.200. The van der Waals surface area contributed by atoms with E-state index in [0.717, 1.165) is 5.56 Å². The number of hydrogen-bond donors (Lipinski definition) is 1. The first-order valence-corrected chi connectivity index (χ1v) is 12.9. The lowest BCUT2D eigenvalue weighted by molar-refractivity contribution is 0.211. The average Bonchev–Trinajstić information content (AvgIpc) is 3.60. The molecule has 2 aromatic carbocycles. The van der Waals surface area contributed by atoms with E-state index in [9.17, 15) is 9.50 Å². The molecule has 4 heterocycles. The van der Waals surface area contributed by atoms with E-state index < -0.39 is 0 Å². The molecule has 36 heavy (non-hydrogen) atoms. The zero-order valence-electron chi connectivity index (χ0n) is 18.8. The first-order valence-electron chi connectivity index (χ1n) is 11.3. The smallest absolute Gasteiger partial charge is 0.230 e. The first kappa shape index (κ1) is 23.3. The van der Waals surface area contributed by atoms with Crippen LogP contribution in [-0.2, 0) is 0 Å². The summed E-state index contributed by atoms with van der Waals surface area (Å²) in [5, 5.41) is 16.7. The van der Waals surface area contributed by atoms with Gasteiger partial charge in [0.25, 0.3) is 0 Å². The highest BCUT2D eigenvalue weighted by Gasteiger charge is 2.33. The summed E-state index contributed by atoms with van der Waals surface area (Å²) in [6.45, 7) is 2.49. The molecular formula is C25H20Cl2FN5O2S. The van der Waals surface area contributed by atoms with Crippen LogP contribution < -0.4 is 4.90 Å². The van der Waals surface area contributed by atoms with E-state index in [0.29, 0.717) is 63.3 Å². The van der Waals surface area contributed by atoms with Crippen LogP contribution in [0.1, 0.15) is 16.5 Å². The second-order valence-electron chi connectivity index (χ2n) is 8.44. The summed E-state index contributed by atoms with van der Waals surface area (Å²) >= 11 is 14.2. The fourth-order valence-electron chi connectivity index (χ4n) is 4.59. The molecule has 184 valence electrons. The minimum atomic E-state index is -0.363. The lowest BCUT2D eigenvalue weighted by Crippen LogP contribution is -2.48.